The van der Waals surface area contributed by atoms with Gasteiger partial charge < -0.3 is 4.57 Å². The summed E-state index contributed by atoms with van der Waals surface area (Å²) >= 11 is 0. The van der Waals surface area contributed by atoms with Crippen LogP contribution in [0.3, 0.4) is 0 Å². The molecule has 1 heterocycles. The quantitative estimate of drug-likeness (QED) is 0.247. The zero-order valence-corrected chi connectivity index (χ0v) is 20.4. The molecule has 0 aliphatic carbocycles. The predicted octanol–water partition coefficient (Wildman–Crippen LogP) is 8.88. The zero-order valence-electron chi connectivity index (χ0n) is 20.4. The summed E-state index contributed by atoms with van der Waals surface area (Å²) in [6.07, 6.45) is 0. The van der Waals surface area contributed by atoms with Crippen molar-refractivity contribution < 1.29 is 8.78 Å². The lowest BCUT2D eigenvalue weighted by Crippen LogP contribution is -2.08. The van der Waals surface area contributed by atoms with Crippen LogP contribution in [0.1, 0.15) is 16.7 Å². The van der Waals surface area contributed by atoms with E-state index in [1.807, 2.05) is 79.1 Å². The van der Waals surface area contributed by atoms with Crippen molar-refractivity contribution in [2.75, 3.05) is 0 Å². The minimum atomic E-state index is -0.866. The SMILES string of the molecule is Cc1ccc2c(c1)c1cc(C)ccc1n2-c1c(-c2ccccc2)c(F)c(C#N)c(F)c1-c1ccccc1. The van der Waals surface area contributed by atoms with Crippen LogP contribution in [-0.4, -0.2) is 4.57 Å². The van der Waals surface area contributed by atoms with Gasteiger partial charge in [-0.05, 0) is 49.2 Å². The number of aryl methyl sites for hydroxylation is 2. The van der Waals surface area contributed by atoms with Gasteiger partial charge in [-0.3, -0.25) is 0 Å². The van der Waals surface area contributed by atoms with Gasteiger partial charge in [0.2, 0.25) is 0 Å². The van der Waals surface area contributed by atoms with E-state index in [4.69, 9.17) is 0 Å². The second-order valence-corrected chi connectivity index (χ2v) is 9.32. The maximum Gasteiger partial charge on any atom is 0.153 e. The average Bonchev–Trinajstić information content (AvgIpc) is 3.22. The molecule has 0 atom stereocenters. The van der Waals surface area contributed by atoms with Gasteiger partial charge in [-0.1, -0.05) is 83.9 Å². The fraction of sp³-hybridized carbons (Fsp3) is 0.0606. The Labute approximate surface area is 213 Å². The maximum absolute atomic E-state index is 16.2. The second kappa shape index (κ2) is 8.72. The summed E-state index contributed by atoms with van der Waals surface area (Å²) in [4.78, 5) is 0. The normalized spacial score (nSPS) is 11.2. The van der Waals surface area contributed by atoms with Gasteiger partial charge in [0.1, 0.15) is 11.6 Å². The number of benzene rings is 5. The molecule has 0 amide bonds. The van der Waals surface area contributed by atoms with Crippen LogP contribution in [0.2, 0.25) is 0 Å². The van der Waals surface area contributed by atoms with E-state index in [1.54, 1.807) is 30.3 Å². The maximum atomic E-state index is 16.2. The molecular formula is C33H22F2N2. The fourth-order valence-corrected chi connectivity index (χ4v) is 5.23. The summed E-state index contributed by atoms with van der Waals surface area (Å²) in [6, 6.07) is 32.1. The van der Waals surface area contributed by atoms with Gasteiger partial charge in [0, 0.05) is 21.9 Å². The second-order valence-electron chi connectivity index (χ2n) is 9.32. The molecule has 0 unspecified atom stereocenters. The number of hydrogen-bond acceptors (Lipinski definition) is 1. The standard InChI is InChI=1S/C33H22F2N2/c1-20-13-15-27-24(17-20)25-18-21(2)14-16-28(25)37(27)33-29(22-9-5-3-6-10-22)31(34)26(19-36)32(35)30(33)23-11-7-4-8-12-23/h3-18H,1-2H3. The molecule has 6 rings (SSSR count). The summed E-state index contributed by atoms with van der Waals surface area (Å²) in [5.74, 6) is -1.73. The molecule has 6 aromatic rings. The first kappa shape index (κ1) is 22.7. The number of rotatable bonds is 3. The largest absolute Gasteiger partial charge is 0.308 e. The van der Waals surface area contributed by atoms with Crippen LogP contribution in [0.5, 0.6) is 0 Å². The van der Waals surface area contributed by atoms with Crippen molar-refractivity contribution in [3.05, 3.63) is 125 Å². The van der Waals surface area contributed by atoms with Crippen LogP contribution in [0.25, 0.3) is 49.7 Å². The van der Waals surface area contributed by atoms with Crippen molar-refractivity contribution in [1.82, 2.24) is 4.57 Å². The van der Waals surface area contributed by atoms with Gasteiger partial charge in [-0.2, -0.15) is 5.26 Å². The van der Waals surface area contributed by atoms with Gasteiger partial charge >= 0.3 is 0 Å². The fourth-order valence-electron chi connectivity index (χ4n) is 5.23. The molecule has 37 heavy (non-hydrogen) atoms. The third-order valence-electron chi connectivity index (χ3n) is 6.89. The molecule has 0 bridgehead atoms. The van der Waals surface area contributed by atoms with Gasteiger partial charge in [0.15, 0.2) is 11.6 Å². The molecule has 0 aliphatic rings. The highest BCUT2D eigenvalue weighted by atomic mass is 19.1. The molecule has 0 fully saturated rings. The minimum absolute atomic E-state index is 0.192. The Morgan fingerprint density at radius 2 is 1.05 bits per heavy atom. The van der Waals surface area contributed by atoms with E-state index in [2.05, 4.69) is 12.1 Å². The summed E-state index contributed by atoms with van der Waals surface area (Å²) in [5.41, 5.74) is 5.17. The van der Waals surface area contributed by atoms with E-state index in [-0.39, 0.29) is 11.1 Å². The van der Waals surface area contributed by atoms with E-state index < -0.39 is 17.2 Å². The van der Waals surface area contributed by atoms with Crippen molar-refractivity contribution in [2.24, 2.45) is 0 Å². The van der Waals surface area contributed by atoms with Crippen molar-refractivity contribution in [3.63, 3.8) is 0 Å². The van der Waals surface area contributed by atoms with E-state index in [0.717, 1.165) is 32.9 Å². The molecule has 5 aromatic carbocycles. The van der Waals surface area contributed by atoms with Crippen molar-refractivity contribution in [2.45, 2.75) is 13.8 Å². The summed E-state index contributed by atoms with van der Waals surface area (Å²) < 4.78 is 34.4. The Balaban J connectivity index is 1.91. The molecule has 0 saturated heterocycles. The van der Waals surface area contributed by atoms with Crippen LogP contribution in [0.15, 0.2) is 97.1 Å². The van der Waals surface area contributed by atoms with Crippen molar-refractivity contribution in [1.29, 1.82) is 5.26 Å². The number of hydrogen-bond donors (Lipinski definition) is 0. The topological polar surface area (TPSA) is 28.7 Å². The number of fused-ring (bicyclic) bond motifs is 3. The Kier molecular flexibility index (Phi) is 5.35. The molecule has 0 saturated carbocycles. The van der Waals surface area contributed by atoms with E-state index in [9.17, 15) is 5.26 Å². The Morgan fingerprint density at radius 3 is 1.46 bits per heavy atom. The van der Waals surface area contributed by atoms with E-state index >= 15 is 8.78 Å². The summed E-state index contributed by atoms with van der Waals surface area (Å²) in [7, 11) is 0. The van der Waals surface area contributed by atoms with Crippen LogP contribution < -0.4 is 0 Å². The minimum Gasteiger partial charge on any atom is -0.308 e. The average molecular weight is 485 g/mol. The monoisotopic (exact) mass is 484 g/mol. The Morgan fingerprint density at radius 1 is 0.622 bits per heavy atom. The van der Waals surface area contributed by atoms with Crippen LogP contribution in [-0.2, 0) is 0 Å². The first-order valence-corrected chi connectivity index (χ1v) is 12.1. The Hall–Kier alpha value is -4.75. The van der Waals surface area contributed by atoms with Crippen molar-refractivity contribution >= 4 is 21.8 Å². The first-order valence-electron chi connectivity index (χ1n) is 12.1. The molecule has 0 radical (unpaired) electrons. The number of aromatic nitrogens is 1. The number of nitrogens with zero attached hydrogens (tertiary/aromatic N) is 2. The van der Waals surface area contributed by atoms with E-state index in [1.165, 1.54) is 0 Å². The molecule has 178 valence electrons. The first-order chi connectivity index (χ1) is 18.0. The molecule has 0 N–H and O–H groups in total. The summed E-state index contributed by atoms with van der Waals surface area (Å²) in [5, 5.41) is 11.8. The summed E-state index contributed by atoms with van der Waals surface area (Å²) in [6.45, 7) is 4.06. The predicted molar refractivity (Wildman–Crippen MR) is 146 cm³/mol. The lowest BCUT2D eigenvalue weighted by atomic mass is 9.91. The van der Waals surface area contributed by atoms with Crippen molar-refractivity contribution in [3.8, 4) is 34.0 Å². The van der Waals surface area contributed by atoms with Gasteiger partial charge in [0.25, 0.3) is 0 Å². The van der Waals surface area contributed by atoms with Gasteiger partial charge in [0.05, 0.1) is 16.7 Å². The van der Waals surface area contributed by atoms with Crippen LogP contribution >= 0.6 is 0 Å². The highest BCUT2D eigenvalue weighted by Gasteiger charge is 2.29. The van der Waals surface area contributed by atoms with Gasteiger partial charge in [-0.25, -0.2) is 8.78 Å². The highest BCUT2D eigenvalue weighted by Crippen LogP contribution is 2.45. The molecule has 0 spiro atoms. The Bertz CT molecular complexity index is 1740. The number of halogens is 2. The molecular weight excluding hydrogens is 462 g/mol. The van der Waals surface area contributed by atoms with Crippen LogP contribution in [0.4, 0.5) is 8.78 Å². The highest BCUT2D eigenvalue weighted by molar-refractivity contribution is 6.11. The smallest absolute Gasteiger partial charge is 0.153 e. The van der Waals surface area contributed by atoms with E-state index in [0.29, 0.717) is 16.8 Å². The number of nitriles is 1. The molecule has 2 nitrogen and oxygen atoms in total. The third-order valence-corrected chi connectivity index (χ3v) is 6.89. The molecule has 0 aliphatic heterocycles. The van der Waals surface area contributed by atoms with Crippen LogP contribution in [0, 0.1) is 36.8 Å². The zero-order chi connectivity index (χ0) is 25.7. The van der Waals surface area contributed by atoms with Gasteiger partial charge in [-0.15, -0.1) is 0 Å². The lowest BCUT2D eigenvalue weighted by Gasteiger charge is -2.21. The molecule has 1 aromatic heterocycles. The lowest BCUT2D eigenvalue weighted by molar-refractivity contribution is 0.580. The molecule has 4 heteroatoms. The third kappa shape index (κ3) is 3.51.